The van der Waals surface area contributed by atoms with Crippen LogP contribution in [0.4, 0.5) is 0 Å². The monoisotopic (exact) mass is 364 g/mol. The number of aryl methyl sites for hydroxylation is 2. The van der Waals surface area contributed by atoms with Gasteiger partial charge in [-0.15, -0.1) is 11.3 Å². The van der Waals surface area contributed by atoms with E-state index in [4.69, 9.17) is 4.74 Å². The van der Waals surface area contributed by atoms with E-state index >= 15 is 0 Å². The molecule has 4 heteroatoms. The molecule has 4 rings (SSSR count). The number of ether oxygens (including phenoxy) is 1. The largest absolute Gasteiger partial charge is 0.487 e. The Morgan fingerprint density at radius 2 is 2.00 bits per heavy atom. The number of thiazole rings is 1. The van der Waals surface area contributed by atoms with Crippen molar-refractivity contribution in [3.63, 3.8) is 0 Å². The van der Waals surface area contributed by atoms with Gasteiger partial charge in [0.15, 0.2) is 0 Å². The van der Waals surface area contributed by atoms with Crippen molar-refractivity contribution in [3.05, 3.63) is 81.3 Å². The SMILES string of the molecule is Cc1nc(COc2ccc(CNC3CCCc4ccccc43)cc2)cs1. The number of nitrogens with zero attached hydrogens (tertiary/aromatic N) is 1. The first-order valence-electron chi connectivity index (χ1n) is 9.22. The minimum Gasteiger partial charge on any atom is -0.487 e. The van der Waals surface area contributed by atoms with Crippen molar-refractivity contribution >= 4 is 11.3 Å². The summed E-state index contributed by atoms with van der Waals surface area (Å²) in [5, 5.41) is 6.85. The van der Waals surface area contributed by atoms with Crippen LogP contribution in [-0.4, -0.2) is 4.98 Å². The molecule has 0 aliphatic heterocycles. The smallest absolute Gasteiger partial charge is 0.131 e. The van der Waals surface area contributed by atoms with Gasteiger partial charge in [-0.05, 0) is 55.0 Å². The van der Waals surface area contributed by atoms with Crippen molar-refractivity contribution in [2.24, 2.45) is 0 Å². The Hall–Kier alpha value is -2.17. The maximum Gasteiger partial charge on any atom is 0.131 e. The average Bonchev–Trinajstić information content (AvgIpc) is 3.11. The molecule has 0 radical (unpaired) electrons. The number of benzene rings is 2. The molecule has 1 aromatic heterocycles. The summed E-state index contributed by atoms with van der Waals surface area (Å²) in [6.45, 7) is 3.42. The highest BCUT2D eigenvalue weighted by Gasteiger charge is 2.18. The van der Waals surface area contributed by atoms with Gasteiger partial charge in [0.1, 0.15) is 12.4 Å². The van der Waals surface area contributed by atoms with Crippen LogP contribution in [0.25, 0.3) is 0 Å². The lowest BCUT2D eigenvalue weighted by Gasteiger charge is -2.26. The highest BCUT2D eigenvalue weighted by atomic mass is 32.1. The lowest BCUT2D eigenvalue weighted by molar-refractivity contribution is 0.302. The van der Waals surface area contributed by atoms with Crippen molar-refractivity contribution in [1.29, 1.82) is 0 Å². The number of aromatic nitrogens is 1. The molecule has 0 amide bonds. The van der Waals surface area contributed by atoms with Gasteiger partial charge in [0, 0.05) is 18.0 Å². The van der Waals surface area contributed by atoms with Gasteiger partial charge in [0.05, 0.1) is 10.7 Å². The number of nitrogens with one attached hydrogen (secondary N) is 1. The zero-order valence-electron chi connectivity index (χ0n) is 15.1. The van der Waals surface area contributed by atoms with Gasteiger partial charge < -0.3 is 10.1 Å². The molecule has 0 saturated carbocycles. The summed E-state index contributed by atoms with van der Waals surface area (Å²) in [5.41, 5.74) is 5.24. The third-order valence-corrected chi connectivity index (χ3v) is 5.72. The van der Waals surface area contributed by atoms with Gasteiger partial charge in [0.2, 0.25) is 0 Å². The van der Waals surface area contributed by atoms with E-state index in [1.807, 2.05) is 19.1 Å². The molecule has 1 aliphatic rings. The first-order chi connectivity index (χ1) is 12.8. The number of rotatable bonds is 6. The minimum atomic E-state index is 0.462. The molecule has 3 aromatic rings. The maximum absolute atomic E-state index is 5.83. The molecule has 1 heterocycles. The van der Waals surface area contributed by atoms with E-state index < -0.39 is 0 Å². The normalized spacial score (nSPS) is 16.3. The van der Waals surface area contributed by atoms with Crippen LogP contribution in [-0.2, 0) is 19.6 Å². The highest BCUT2D eigenvalue weighted by Crippen LogP contribution is 2.29. The lowest BCUT2D eigenvalue weighted by atomic mass is 9.87. The second-order valence-corrected chi connectivity index (χ2v) is 7.88. The van der Waals surface area contributed by atoms with Gasteiger partial charge >= 0.3 is 0 Å². The summed E-state index contributed by atoms with van der Waals surface area (Å²) < 4.78 is 5.83. The molecule has 0 spiro atoms. The van der Waals surface area contributed by atoms with E-state index in [-0.39, 0.29) is 0 Å². The highest BCUT2D eigenvalue weighted by molar-refractivity contribution is 7.09. The fraction of sp³-hybridized carbons (Fsp3) is 0.318. The van der Waals surface area contributed by atoms with Crippen LogP contribution in [0.2, 0.25) is 0 Å². The van der Waals surface area contributed by atoms with Crippen LogP contribution in [0.3, 0.4) is 0 Å². The van der Waals surface area contributed by atoms with Crippen molar-refractivity contribution in [2.45, 2.75) is 45.4 Å². The van der Waals surface area contributed by atoms with Crippen molar-refractivity contribution in [1.82, 2.24) is 10.3 Å². The van der Waals surface area contributed by atoms with Crippen LogP contribution >= 0.6 is 11.3 Å². The lowest BCUT2D eigenvalue weighted by Crippen LogP contribution is -2.24. The maximum atomic E-state index is 5.83. The summed E-state index contributed by atoms with van der Waals surface area (Å²) in [7, 11) is 0. The molecule has 3 nitrogen and oxygen atoms in total. The summed E-state index contributed by atoms with van der Waals surface area (Å²) in [5.74, 6) is 0.891. The van der Waals surface area contributed by atoms with Gasteiger partial charge in [-0.2, -0.15) is 0 Å². The molecule has 1 N–H and O–H groups in total. The topological polar surface area (TPSA) is 34.1 Å². The van der Waals surface area contributed by atoms with Crippen molar-refractivity contribution in [3.8, 4) is 5.75 Å². The van der Waals surface area contributed by atoms with Crippen molar-refractivity contribution < 1.29 is 4.74 Å². The van der Waals surface area contributed by atoms with Crippen LogP contribution in [0.15, 0.2) is 53.9 Å². The van der Waals surface area contributed by atoms with Gasteiger partial charge in [-0.25, -0.2) is 4.98 Å². The number of fused-ring (bicyclic) bond motifs is 1. The molecule has 0 saturated heterocycles. The predicted molar refractivity (Wildman–Crippen MR) is 107 cm³/mol. The molecule has 26 heavy (non-hydrogen) atoms. The van der Waals surface area contributed by atoms with E-state index in [2.05, 4.69) is 52.1 Å². The molecule has 2 aromatic carbocycles. The number of hydrogen-bond acceptors (Lipinski definition) is 4. The predicted octanol–water partition coefficient (Wildman–Crippen LogP) is 5.20. The Bertz CT molecular complexity index is 857. The first-order valence-corrected chi connectivity index (χ1v) is 10.1. The second kappa shape index (κ2) is 8.02. The Kier molecular flexibility index (Phi) is 5.32. The fourth-order valence-electron chi connectivity index (χ4n) is 3.54. The molecule has 1 aliphatic carbocycles. The van der Waals surface area contributed by atoms with E-state index in [1.165, 1.54) is 36.0 Å². The minimum absolute atomic E-state index is 0.462. The van der Waals surface area contributed by atoms with Gasteiger partial charge in [-0.3, -0.25) is 0 Å². The third-order valence-electron chi connectivity index (χ3n) is 4.90. The second-order valence-electron chi connectivity index (χ2n) is 6.82. The molecular formula is C22H24N2OS. The first kappa shape index (κ1) is 17.3. The molecule has 0 bridgehead atoms. The van der Waals surface area contributed by atoms with Gasteiger partial charge in [-0.1, -0.05) is 36.4 Å². The zero-order chi connectivity index (χ0) is 17.8. The fourth-order valence-corrected chi connectivity index (χ4v) is 4.14. The Morgan fingerprint density at radius 1 is 1.15 bits per heavy atom. The molecule has 134 valence electrons. The Labute approximate surface area is 159 Å². The van der Waals surface area contributed by atoms with E-state index in [9.17, 15) is 0 Å². The van der Waals surface area contributed by atoms with Crippen molar-refractivity contribution in [2.75, 3.05) is 0 Å². The summed E-state index contributed by atoms with van der Waals surface area (Å²) in [6.07, 6.45) is 3.68. The average molecular weight is 365 g/mol. The molecular weight excluding hydrogens is 340 g/mol. The van der Waals surface area contributed by atoms with Crippen LogP contribution < -0.4 is 10.1 Å². The zero-order valence-corrected chi connectivity index (χ0v) is 15.9. The van der Waals surface area contributed by atoms with Crippen LogP contribution in [0.5, 0.6) is 5.75 Å². The van der Waals surface area contributed by atoms with E-state index in [0.717, 1.165) is 23.0 Å². The summed E-state index contributed by atoms with van der Waals surface area (Å²) in [4.78, 5) is 4.43. The van der Waals surface area contributed by atoms with E-state index in [1.54, 1.807) is 11.3 Å². The Morgan fingerprint density at radius 3 is 2.81 bits per heavy atom. The number of hydrogen-bond donors (Lipinski definition) is 1. The third kappa shape index (κ3) is 4.14. The molecule has 0 fully saturated rings. The Balaban J connectivity index is 1.32. The standard InChI is InChI=1S/C22H24N2OS/c1-16-24-19(15-26-16)14-25-20-11-9-17(10-12-20)13-23-22-8-4-6-18-5-2-3-7-21(18)22/h2-3,5,7,9-12,15,22-23H,4,6,8,13-14H2,1H3. The summed E-state index contributed by atoms with van der Waals surface area (Å²) >= 11 is 1.66. The van der Waals surface area contributed by atoms with Crippen LogP contribution in [0, 0.1) is 6.92 Å². The molecule has 1 unspecified atom stereocenters. The quantitative estimate of drug-likeness (QED) is 0.653. The van der Waals surface area contributed by atoms with Gasteiger partial charge in [0.25, 0.3) is 0 Å². The van der Waals surface area contributed by atoms with E-state index in [0.29, 0.717) is 12.6 Å². The molecule has 1 atom stereocenters. The van der Waals surface area contributed by atoms with Crippen LogP contribution in [0.1, 0.15) is 46.3 Å². The summed E-state index contributed by atoms with van der Waals surface area (Å²) in [6, 6.07) is 17.7.